The summed E-state index contributed by atoms with van der Waals surface area (Å²) >= 11 is 0. The van der Waals surface area contributed by atoms with Gasteiger partial charge in [0.25, 0.3) is 0 Å². The van der Waals surface area contributed by atoms with E-state index in [0.29, 0.717) is 12.8 Å². The Morgan fingerprint density at radius 3 is 2.27 bits per heavy atom. The summed E-state index contributed by atoms with van der Waals surface area (Å²) in [6.07, 6.45) is 0.348. The van der Waals surface area contributed by atoms with Gasteiger partial charge in [-0.2, -0.15) is 0 Å². The summed E-state index contributed by atoms with van der Waals surface area (Å²) in [5, 5.41) is 2.57. The van der Waals surface area contributed by atoms with Crippen LogP contribution in [0.25, 0.3) is 0 Å². The van der Waals surface area contributed by atoms with Crippen molar-refractivity contribution in [1.82, 2.24) is 5.32 Å². The number of methoxy groups -OCH3 is 2. The number of nitrogens with one attached hydrogen (secondary N) is 1. The van der Waals surface area contributed by atoms with Crippen molar-refractivity contribution in [2.75, 3.05) is 14.2 Å². The second-order valence-electron chi connectivity index (χ2n) is 5.67. The molecule has 138 valence electrons. The van der Waals surface area contributed by atoms with E-state index in [4.69, 9.17) is 14.2 Å². The summed E-state index contributed by atoms with van der Waals surface area (Å²) in [7, 11) is 2.90. The van der Waals surface area contributed by atoms with Gasteiger partial charge in [0.05, 0.1) is 14.2 Å². The van der Waals surface area contributed by atoms with Crippen molar-refractivity contribution in [3.63, 3.8) is 0 Å². The van der Waals surface area contributed by atoms with E-state index in [1.54, 1.807) is 7.11 Å². The lowest BCUT2D eigenvalue weighted by molar-refractivity contribution is -0.143. The van der Waals surface area contributed by atoms with Crippen molar-refractivity contribution in [3.05, 3.63) is 65.7 Å². The first-order valence-corrected chi connectivity index (χ1v) is 8.30. The quantitative estimate of drug-likeness (QED) is 0.735. The molecule has 0 aliphatic rings. The van der Waals surface area contributed by atoms with E-state index in [9.17, 15) is 9.59 Å². The summed E-state index contributed by atoms with van der Waals surface area (Å²) < 4.78 is 15.1. The molecule has 0 saturated heterocycles. The minimum atomic E-state index is -0.773. The molecule has 0 bridgehead atoms. The molecule has 0 spiro atoms. The highest BCUT2D eigenvalue weighted by molar-refractivity contribution is 5.81. The number of aryl methyl sites for hydroxylation is 1. The van der Waals surface area contributed by atoms with E-state index in [1.807, 2.05) is 54.6 Å². The highest BCUT2D eigenvalue weighted by atomic mass is 16.6. The fourth-order valence-electron chi connectivity index (χ4n) is 2.40. The van der Waals surface area contributed by atoms with E-state index in [2.05, 4.69) is 5.32 Å². The molecule has 0 aromatic heterocycles. The molecule has 2 aromatic rings. The highest BCUT2D eigenvalue weighted by Gasteiger charge is 2.22. The van der Waals surface area contributed by atoms with Crippen LogP contribution >= 0.6 is 0 Å². The normalized spacial score (nSPS) is 11.3. The van der Waals surface area contributed by atoms with Gasteiger partial charge in [-0.1, -0.05) is 42.5 Å². The lowest BCUT2D eigenvalue weighted by atomic mass is 10.1. The maximum atomic E-state index is 12.0. The van der Waals surface area contributed by atoms with Crippen molar-refractivity contribution in [3.8, 4) is 5.75 Å². The van der Waals surface area contributed by atoms with Crippen molar-refractivity contribution >= 4 is 12.1 Å². The fraction of sp³-hybridized carbons (Fsp3) is 0.300. The third-order valence-corrected chi connectivity index (χ3v) is 3.87. The summed E-state index contributed by atoms with van der Waals surface area (Å²) in [5.74, 6) is 0.260. The molecule has 0 aliphatic carbocycles. The maximum absolute atomic E-state index is 12.0. The zero-order chi connectivity index (χ0) is 18.8. The minimum Gasteiger partial charge on any atom is -0.497 e. The molecule has 6 heteroatoms. The number of rotatable bonds is 8. The van der Waals surface area contributed by atoms with Gasteiger partial charge in [-0.15, -0.1) is 0 Å². The molecule has 2 aromatic carbocycles. The Bertz CT molecular complexity index is 700. The van der Waals surface area contributed by atoms with E-state index in [1.165, 1.54) is 7.11 Å². The van der Waals surface area contributed by atoms with Gasteiger partial charge < -0.3 is 19.5 Å². The summed E-state index contributed by atoms with van der Waals surface area (Å²) in [6.45, 7) is 0.138. The third-order valence-electron chi connectivity index (χ3n) is 3.87. The largest absolute Gasteiger partial charge is 0.497 e. The average Bonchev–Trinajstić information content (AvgIpc) is 2.70. The number of ether oxygens (including phenoxy) is 3. The van der Waals surface area contributed by atoms with E-state index < -0.39 is 18.1 Å². The van der Waals surface area contributed by atoms with Crippen LogP contribution in [-0.2, 0) is 27.3 Å². The first-order valence-electron chi connectivity index (χ1n) is 8.30. The monoisotopic (exact) mass is 357 g/mol. The Balaban J connectivity index is 1.87. The smallest absolute Gasteiger partial charge is 0.408 e. The number of carbonyl (C=O) groups is 2. The molecule has 0 saturated carbocycles. The Kier molecular flexibility index (Phi) is 7.49. The number of amides is 1. The van der Waals surface area contributed by atoms with Crippen LogP contribution in [0.3, 0.4) is 0 Å². The molecular weight excluding hydrogens is 334 g/mol. The summed E-state index contributed by atoms with van der Waals surface area (Å²) in [5.41, 5.74) is 1.90. The maximum Gasteiger partial charge on any atom is 0.408 e. The summed E-state index contributed by atoms with van der Waals surface area (Å²) in [4.78, 5) is 23.9. The van der Waals surface area contributed by atoms with Gasteiger partial charge in [-0.25, -0.2) is 9.59 Å². The zero-order valence-electron chi connectivity index (χ0n) is 14.9. The van der Waals surface area contributed by atoms with Crippen molar-refractivity contribution in [2.24, 2.45) is 0 Å². The van der Waals surface area contributed by atoms with Gasteiger partial charge in [0.2, 0.25) is 0 Å². The van der Waals surface area contributed by atoms with Crippen LogP contribution in [0.5, 0.6) is 5.75 Å². The zero-order valence-corrected chi connectivity index (χ0v) is 14.9. The standard InChI is InChI=1S/C20H23NO5/c1-24-17-11-8-15(9-12-17)10-13-18(19(22)25-2)21-20(23)26-14-16-6-4-3-5-7-16/h3-9,11-12,18H,10,13-14H2,1-2H3,(H,21,23)/t18-/m1/s1. The molecule has 0 unspecified atom stereocenters. The van der Waals surface area contributed by atoms with Gasteiger partial charge in [0.15, 0.2) is 0 Å². The van der Waals surface area contributed by atoms with Crippen LogP contribution in [0.1, 0.15) is 17.5 Å². The van der Waals surface area contributed by atoms with Crippen molar-refractivity contribution < 1.29 is 23.8 Å². The number of benzene rings is 2. The number of esters is 1. The van der Waals surface area contributed by atoms with Crippen LogP contribution < -0.4 is 10.1 Å². The SMILES string of the molecule is COC(=O)[C@@H](CCc1ccc(OC)cc1)NC(=O)OCc1ccccc1. The first kappa shape index (κ1) is 19.3. The first-order chi connectivity index (χ1) is 12.6. The van der Waals surface area contributed by atoms with Gasteiger partial charge >= 0.3 is 12.1 Å². The second kappa shape index (κ2) is 10.1. The van der Waals surface area contributed by atoms with Gasteiger partial charge in [0.1, 0.15) is 18.4 Å². The Morgan fingerprint density at radius 1 is 0.962 bits per heavy atom. The van der Waals surface area contributed by atoms with Crippen LogP contribution in [-0.4, -0.2) is 32.3 Å². The molecule has 0 radical (unpaired) electrons. The molecule has 1 amide bonds. The number of alkyl carbamates (subject to hydrolysis) is 1. The molecule has 1 atom stereocenters. The van der Waals surface area contributed by atoms with Crippen LogP contribution in [0, 0.1) is 0 Å². The minimum absolute atomic E-state index is 0.138. The van der Waals surface area contributed by atoms with Crippen LogP contribution in [0.15, 0.2) is 54.6 Å². The lowest BCUT2D eigenvalue weighted by Crippen LogP contribution is -2.42. The van der Waals surface area contributed by atoms with Crippen molar-refractivity contribution in [1.29, 1.82) is 0 Å². The lowest BCUT2D eigenvalue weighted by Gasteiger charge is -2.16. The third kappa shape index (κ3) is 6.12. The summed E-state index contributed by atoms with van der Waals surface area (Å²) in [6, 6.07) is 16.1. The number of hydrogen-bond acceptors (Lipinski definition) is 5. The number of hydrogen-bond donors (Lipinski definition) is 1. The fourth-order valence-corrected chi connectivity index (χ4v) is 2.40. The van der Waals surface area contributed by atoms with E-state index in [-0.39, 0.29) is 6.61 Å². The van der Waals surface area contributed by atoms with Crippen LogP contribution in [0.2, 0.25) is 0 Å². The van der Waals surface area contributed by atoms with Gasteiger partial charge in [0, 0.05) is 0 Å². The molecule has 6 nitrogen and oxygen atoms in total. The molecule has 26 heavy (non-hydrogen) atoms. The van der Waals surface area contributed by atoms with Crippen molar-refractivity contribution in [2.45, 2.75) is 25.5 Å². The molecule has 0 aliphatic heterocycles. The van der Waals surface area contributed by atoms with E-state index in [0.717, 1.165) is 16.9 Å². The Labute approximate surface area is 153 Å². The predicted molar refractivity (Wildman–Crippen MR) is 96.9 cm³/mol. The molecular formula is C20H23NO5. The van der Waals surface area contributed by atoms with Crippen LogP contribution in [0.4, 0.5) is 4.79 Å². The molecule has 0 heterocycles. The number of carbonyl (C=O) groups excluding carboxylic acids is 2. The van der Waals surface area contributed by atoms with Gasteiger partial charge in [-0.3, -0.25) is 0 Å². The highest BCUT2D eigenvalue weighted by Crippen LogP contribution is 2.13. The topological polar surface area (TPSA) is 73.9 Å². The van der Waals surface area contributed by atoms with Gasteiger partial charge in [-0.05, 0) is 36.1 Å². The average molecular weight is 357 g/mol. The molecule has 1 N–H and O–H groups in total. The molecule has 2 rings (SSSR count). The second-order valence-corrected chi connectivity index (χ2v) is 5.67. The Morgan fingerprint density at radius 2 is 1.65 bits per heavy atom. The molecule has 0 fully saturated rings. The predicted octanol–water partition coefficient (Wildman–Crippen LogP) is 3.10. The van der Waals surface area contributed by atoms with E-state index >= 15 is 0 Å². The Hall–Kier alpha value is -3.02.